The number of aliphatic hydroxyl groups excluding tert-OH is 2. The lowest BCUT2D eigenvalue weighted by atomic mass is 10.1. The summed E-state index contributed by atoms with van der Waals surface area (Å²) >= 11 is 0. The summed E-state index contributed by atoms with van der Waals surface area (Å²) in [5.41, 5.74) is 1.05. The molecule has 2 aromatic heterocycles. The van der Waals surface area contributed by atoms with Gasteiger partial charge in [0, 0.05) is 23.7 Å². The number of aliphatic hydroxyl groups is 2. The average molecular weight is 452 g/mol. The fourth-order valence-electron chi connectivity index (χ4n) is 3.42. The van der Waals surface area contributed by atoms with E-state index in [4.69, 9.17) is 9.56 Å². The molecular formula is C19H24N4O7S. The summed E-state index contributed by atoms with van der Waals surface area (Å²) < 4.78 is 31.9. The van der Waals surface area contributed by atoms with Crippen LogP contribution in [0.3, 0.4) is 0 Å². The number of anilines is 1. The lowest BCUT2D eigenvalue weighted by Crippen LogP contribution is -2.24. The van der Waals surface area contributed by atoms with Crippen LogP contribution >= 0.6 is 0 Å². The summed E-state index contributed by atoms with van der Waals surface area (Å²) in [5, 5.41) is 28.2. The van der Waals surface area contributed by atoms with Gasteiger partial charge in [-0.05, 0) is 31.4 Å². The smallest absolute Gasteiger partial charge is 0.333 e. The third-order valence-electron chi connectivity index (χ3n) is 5.03. The van der Waals surface area contributed by atoms with Gasteiger partial charge in [0.25, 0.3) is 0 Å². The van der Waals surface area contributed by atoms with Crippen LogP contribution < -0.4 is 10.5 Å². The number of nitrogens with zero attached hydrogens (tertiary/aromatic N) is 2. The van der Waals surface area contributed by atoms with Crippen LogP contribution in [0.15, 0.2) is 41.4 Å². The van der Waals surface area contributed by atoms with E-state index < -0.39 is 34.2 Å². The first-order valence-electron chi connectivity index (χ1n) is 9.43. The molecule has 11 nitrogen and oxygen atoms in total. The second-order valence-corrected chi connectivity index (χ2v) is 8.75. The molecule has 4 atom stereocenters. The second kappa shape index (κ2) is 9.24. The molecule has 12 heteroatoms. The Balaban J connectivity index is 1.72. The van der Waals surface area contributed by atoms with Gasteiger partial charge >= 0.3 is 10.3 Å². The van der Waals surface area contributed by atoms with Gasteiger partial charge in [-0.1, -0.05) is 6.58 Å². The largest absolute Gasteiger partial charge is 0.460 e. The molecule has 0 saturated heterocycles. The van der Waals surface area contributed by atoms with Crippen LogP contribution in [0, 0.1) is 5.92 Å². The first kappa shape index (κ1) is 23.0. The summed E-state index contributed by atoms with van der Waals surface area (Å²) in [4.78, 5) is 20.9. The van der Waals surface area contributed by atoms with E-state index in [1.165, 1.54) is 24.9 Å². The minimum atomic E-state index is -4.10. The van der Waals surface area contributed by atoms with Crippen LogP contribution in [-0.4, -0.2) is 53.1 Å². The first-order chi connectivity index (χ1) is 14.5. The van der Waals surface area contributed by atoms with Crippen LogP contribution in [0.5, 0.6) is 0 Å². The lowest BCUT2D eigenvalue weighted by molar-refractivity contribution is 0.100. The van der Waals surface area contributed by atoms with Crippen molar-refractivity contribution in [3.8, 4) is 0 Å². The number of hydrogen-bond acceptors (Lipinski definition) is 10. The van der Waals surface area contributed by atoms with E-state index >= 15 is 0 Å². The maximum atomic E-state index is 12.9. The number of rotatable bonds is 9. The van der Waals surface area contributed by atoms with Crippen LogP contribution in [0.25, 0.3) is 0 Å². The molecule has 3 rings (SSSR count). The van der Waals surface area contributed by atoms with Gasteiger partial charge in [-0.25, -0.2) is 15.1 Å². The van der Waals surface area contributed by atoms with Gasteiger partial charge in [0.1, 0.15) is 18.2 Å². The molecule has 1 saturated carbocycles. The summed E-state index contributed by atoms with van der Waals surface area (Å²) in [6, 6.07) is 1.14. The van der Waals surface area contributed by atoms with Crippen molar-refractivity contribution < 1.29 is 32.0 Å². The van der Waals surface area contributed by atoms with Gasteiger partial charge in [-0.2, -0.15) is 8.42 Å². The molecule has 1 unspecified atom stereocenters. The van der Waals surface area contributed by atoms with Crippen LogP contribution in [0.2, 0.25) is 0 Å². The number of carbonyl (C=O) groups is 1. The van der Waals surface area contributed by atoms with E-state index in [9.17, 15) is 23.4 Å². The average Bonchev–Trinajstić information content (AvgIpc) is 3.32. The molecule has 31 heavy (non-hydrogen) atoms. The minimum absolute atomic E-state index is 0.000893. The molecule has 0 bridgehead atoms. The predicted octanol–water partition coefficient (Wildman–Crippen LogP) is 0.682. The molecule has 5 N–H and O–H groups in total. The quantitative estimate of drug-likeness (QED) is 0.312. The third-order valence-corrected chi connectivity index (χ3v) is 5.49. The first-order valence-corrected chi connectivity index (χ1v) is 10.9. The van der Waals surface area contributed by atoms with Gasteiger partial charge in [0.05, 0.1) is 24.5 Å². The lowest BCUT2D eigenvalue weighted by Gasteiger charge is -2.15. The number of furan rings is 1. The van der Waals surface area contributed by atoms with E-state index in [-0.39, 0.29) is 29.8 Å². The van der Waals surface area contributed by atoms with E-state index in [0.29, 0.717) is 24.0 Å². The van der Waals surface area contributed by atoms with Gasteiger partial charge in [-0.15, -0.1) is 0 Å². The Kier molecular flexibility index (Phi) is 6.86. The van der Waals surface area contributed by atoms with Crippen molar-refractivity contribution in [2.75, 3.05) is 11.9 Å². The van der Waals surface area contributed by atoms with Gasteiger partial charge in [0.2, 0.25) is 5.78 Å². The van der Waals surface area contributed by atoms with Crippen molar-refractivity contribution in [1.82, 2.24) is 9.97 Å². The van der Waals surface area contributed by atoms with Crippen molar-refractivity contribution >= 4 is 21.9 Å². The van der Waals surface area contributed by atoms with E-state index in [0.717, 1.165) is 0 Å². The zero-order valence-corrected chi connectivity index (χ0v) is 17.6. The van der Waals surface area contributed by atoms with E-state index in [2.05, 4.69) is 26.0 Å². The summed E-state index contributed by atoms with van der Waals surface area (Å²) in [6.07, 6.45) is 2.80. The Morgan fingerprint density at radius 2 is 2.23 bits per heavy atom. The van der Waals surface area contributed by atoms with E-state index in [1.54, 1.807) is 6.92 Å². The molecule has 0 amide bonds. The Morgan fingerprint density at radius 1 is 1.48 bits per heavy atom. The molecule has 0 radical (unpaired) electrons. The molecule has 2 heterocycles. The minimum Gasteiger partial charge on any atom is -0.460 e. The highest BCUT2D eigenvalue weighted by molar-refractivity contribution is 7.84. The molecule has 0 spiro atoms. The number of carbonyl (C=O) groups excluding carboxylic acids is 1. The topological polar surface area (TPSA) is 178 Å². The highest BCUT2D eigenvalue weighted by Crippen LogP contribution is 2.30. The Morgan fingerprint density at radius 3 is 2.90 bits per heavy atom. The molecule has 1 fully saturated rings. The van der Waals surface area contributed by atoms with Crippen LogP contribution in [0.1, 0.15) is 47.6 Å². The van der Waals surface area contributed by atoms with Crippen molar-refractivity contribution in [1.29, 1.82) is 0 Å². The zero-order chi connectivity index (χ0) is 22.8. The van der Waals surface area contributed by atoms with Gasteiger partial charge in [-0.3, -0.25) is 8.98 Å². The predicted molar refractivity (Wildman–Crippen MR) is 109 cm³/mol. The van der Waals surface area contributed by atoms with Crippen molar-refractivity contribution in [3.05, 3.63) is 53.9 Å². The van der Waals surface area contributed by atoms with Gasteiger partial charge in [0.15, 0.2) is 5.76 Å². The molecule has 1 aliphatic rings. The normalized spacial score (nSPS) is 22.3. The zero-order valence-electron chi connectivity index (χ0n) is 16.8. The standard InChI is InChI=1S/C19H24N4O7S/c1-10(2)17(25)12-4-16(29-7-12)18(26)14-6-21-9-22-19(14)23-13-3-11(15(24)5-13)8-30-31(20,27)28/h4,6-7,9,11,13,15,17,24-25H,1,3,5,8H2,2H3,(H2,20,27,28)(H,21,22,23)/t11-,13-,15+,17?/m1/s1. The summed E-state index contributed by atoms with van der Waals surface area (Å²) in [6.45, 7) is 5.09. The molecule has 0 aromatic carbocycles. The fourth-order valence-corrected chi connectivity index (χ4v) is 3.78. The highest BCUT2D eigenvalue weighted by atomic mass is 32.2. The van der Waals surface area contributed by atoms with Crippen molar-refractivity contribution in [2.45, 2.75) is 38.0 Å². The van der Waals surface area contributed by atoms with Gasteiger partial charge < -0.3 is 19.9 Å². The van der Waals surface area contributed by atoms with Crippen LogP contribution in [-0.2, 0) is 14.5 Å². The maximum absolute atomic E-state index is 12.9. The van der Waals surface area contributed by atoms with Crippen LogP contribution in [0.4, 0.5) is 5.82 Å². The number of ketones is 1. The Labute approximate surface area is 179 Å². The second-order valence-electron chi connectivity index (χ2n) is 7.52. The number of nitrogens with one attached hydrogen (secondary N) is 1. The SMILES string of the molecule is C=C(C)C(O)c1coc(C(=O)c2cncnc2N[C@@H]2C[C@H](COS(N)(=O)=O)[C@@H](O)C2)c1. The number of nitrogens with two attached hydrogens (primary N) is 1. The maximum Gasteiger partial charge on any atom is 0.333 e. The molecule has 1 aliphatic carbocycles. The monoisotopic (exact) mass is 452 g/mol. The Hall–Kier alpha value is -2.64. The fraction of sp³-hybridized carbons (Fsp3) is 0.421. The van der Waals surface area contributed by atoms with E-state index in [1.807, 2.05) is 0 Å². The molecule has 2 aromatic rings. The number of hydrogen-bond donors (Lipinski definition) is 4. The number of aromatic nitrogens is 2. The summed E-state index contributed by atoms with van der Waals surface area (Å²) in [7, 11) is -4.10. The highest BCUT2D eigenvalue weighted by Gasteiger charge is 2.35. The molecular weight excluding hydrogens is 428 g/mol. The molecule has 168 valence electrons. The third kappa shape index (κ3) is 5.74. The van der Waals surface area contributed by atoms with Crippen molar-refractivity contribution in [3.63, 3.8) is 0 Å². The Bertz CT molecular complexity index is 1070. The summed E-state index contributed by atoms with van der Waals surface area (Å²) in [5.74, 6) is -0.702. The molecule has 0 aliphatic heterocycles. The van der Waals surface area contributed by atoms with Crippen molar-refractivity contribution in [2.24, 2.45) is 11.1 Å².